The van der Waals surface area contributed by atoms with Crippen molar-refractivity contribution in [2.24, 2.45) is 0 Å². The second kappa shape index (κ2) is 9.01. The summed E-state index contributed by atoms with van der Waals surface area (Å²) in [5.74, 6) is 0.745. The van der Waals surface area contributed by atoms with Crippen molar-refractivity contribution >= 4 is 16.7 Å². The normalized spacial score (nSPS) is 18.0. The average Bonchev–Trinajstić information content (AvgIpc) is 2.70. The summed E-state index contributed by atoms with van der Waals surface area (Å²) in [4.78, 5) is 13.6. The van der Waals surface area contributed by atoms with Crippen LogP contribution >= 0.6 is 0 Å². The lowest BCUT2D eigenvalue weighted by molar-refractivity contribution is -0.140. The number of carbonyl (C=O) groups excluding carboxylic acids is 1. The van der Waals surface area contributed by atoms with Crippen molar-refractivity contribution in [2.75, 3.05) is 40.5 Å². The van der Waals surface area contributed by atoms with Gasteiger partial charge >= 0.3 is 5.97 Å². The Balaban J connectivity index is 1.58. The van der Waals surface area contributed by atoms with E-state index in [1.54, 1.807) is 7.11 Å². The topological polar surface area (TPSA) is 48.0 Å². The van der Waals surface area contributed by atoms with Crippen molar-refractivity contribution < 1.29 is 19.0 Å². The van der Waals surface area contributed by atoms with Gasteiger partial charge < -0.3 is 14.2 Å². The van der Waals surface area contributed by atoms with E-state index in [9.17, 15) is 4.79 Å². The predicted molar refractivity (Wildman–Crippen MR) is 102 cm³/mol. The van der Waals surface area contributed by atoms with E-state index in [0.717, 1.165) is 44.8 Å². The molecule has 1 atom stereocenters. The molecule has 5 heteroatoms. The molecule has 140 valence electrons. The molecule has 0 radical (unpaired) electrons. The van der Waals surface area contributed by atoms with Gasteiger partial charge in [0.05, 0.1) is 26.9 Å². The van der Waals surface area contributed by atoms with Gasteiger partial charge in [0.25, 0.3) is 0 Å². The summed E-state index contributed by atoms with van der Waals surface area (Å²) < 4.78 is 16.0. The van der Waals surface area contributed by atoms with E-state index in [0.29, 0.717) is 6.42 Å². The van der Waals surface area contributed by atoms with Crippen LogP contribution in [0, 0.1) is 0 Å². The molecule has 1 saturated heterocycles. The molecule has 1 fully saturated rings. The molecule has 5 nitrogen and oxygen atoms in total. The van der Waals surface area contributed by atoms with E-state index in [2.05, 4.69) is 40.0 Å². The van der Waals surface area contributed by atoms with Gasteiger partial charge in [-0.1, -0.05) is 18.2 Å². The summed E-state index contributed by atoms with van der Waals surface area (Å²) in [7, 11) is 3.12. The zero-order valence-corrected chi connectivity index (χ0v) is 15.6. The maximum Gasteiger partial charge on any atom is 0.305 e. The number of morpholine rings is 1. The number of methoxy groups -OCH3 is 2. The van der Waals surface area contributed by atoms with Crippen molar-refractivity contribution in [2.45, 2.75) is 25.4 Å². The highest BCUT2D eigenvalue weighted by Gasteiger charge is 2.22. The zero-order chi connectivity index (χ0) is 18.4. The predicted octanol–water partition coefficient (Wildman–Crippen LogP) is 3.57. The van der Waals surface area contributed by atoms with Crippen molar-refractivity contribution in [1.29, 1.82) is 0 Å². The Morgan fingerprint density at radius 2 is 1.96 bits per heavy atom. The fourth-order valence-corrected chi connectivity index (χ4v) is 3.38. The second-order valence-electron chi connectivity index (χ2n) is 6.67. The third-order valence-electron chi connectivity index (χ3n) is 4.93. The third-order valence-corrected chi connectivity index (χ3v) is 4.93. The summed E-state index contributed by atoms with van der Waals surface area (Å²) in [5, 5.41) is 2.37. The maximum absolute atomic E-state index is 11.2. The molecule has 0 N–H and O–H groups in total. The van der Waals surface area contributed by atoms with Crippen molar-refractivity contribution in [3.63, 3.8) is 0 Å². The van der Waals surface area contributed by atoms with E-state index >= 15 is 0 Å². The Morgan fingerprint density at radius 3 is 2.77 bits per heavy atom. The van der Waals surface area contributed by atoms with Crippen LogP contribution in [0.1, 0.15) is 30.9 Å². The van der Waals surface area contributed by atoms with E-state index in [1.807, 2.05) is 6.07 Å². The van der Waals surface area contributed by atoms with E-state index in [4.69, 9.17) is 9.47 Å². The largest absolute Gasteiger partial charge is 0.497 e. The first-order valence-electron chi connectivity index (χ1n) is 9.18. The first kappa shape index (κ1) is 18.7. The van der Waals surface area contributed by atoms with Crippen LogP contribution < -0.4 is 4.74 Å². The highest BCUT2D eigenvalue weighted by atomic mass is 16.5. The molecular weight excluding hydrogens is 330 g/mol. The third kappa shape index (κ3) is 4.74. The Bertz CT molecular complexity index is 746. The lowest BCUT2D eigenvalue weighted by Gasteiger charge is -2.33. The quantitative estimate of drug-likeness (QED) is 0.560. The second-order valence-corrected chi connectivity index (χ2v) is 6.67. The van der Waals surface area contributed by atoms with Crippen LogP contribution in [-0.4, -0.2) is 51.3 Å². The molecule has 1 aliphatic heterocycles. The molecular formula is C21H27NO4. The number of esters is 1. The van der Waals surface area contributed by atoms with Gasteiger partial charge in [0, 0.05) is 19.5 Å². The minimum Gasteiger partial charge on any atom is -0.497 e. The Kier molecular flexibility index (Phi) is 6.47. The van der Waals surface area contributed by atoms with Crippen molar-refractivity contribution in [1.82, 2.24) is 4.90 Å². The molecule has 0 aromatic heterocycles. The fourth-order valence-electron chi connectivity index (χ4n) is 3.38. The molecule has 0 saturated carbocycles. The Hall–Kier alpha value is -2.11. The smallest absolute Gasteiger partial charge is 0.305 e. The number of carbonyl (C=O) groups is 1. The van der Waals surface area contributed by atoms with Crippen LogP contribution in [0.15, 0.2) is 36.4 Å². The monoisotopic (exact) mass is 357 g/mol. The number of rotatable bonds is 7. The lowest BCUT2D eigenvalue weighted by Crippen LogP contribution is -2.38. The number of nitrogens with zero attached hydrogens (tertiary/aromatic N) is 1. The molecule has 0 bridgehead atoms. The minimum atomic E-state index is -0.127. The SMILES string of the molecule is COC(=O)CCCCN1CCO[C@H](c2ccc3cc(OC)ccc3c2)C1. The van der Waals surface area contributed by atoms with E-state index < -0.39 is 0 Å². The molecule has 0 amide bonds. The minimum absolute atomic E-state index is 0.0934. The van der Waals surface area contributed by atoms with Crippen LogP contribution in [0.25, 0.3) is 10.8 Å². The van der Waals surface area contributed by atoms with Gasteiger partial charge in [-0.3, -0.25) is 9.69 Å². The molecule has 0 spiro atoms. The number of hydrogen-bond donors (Lipinski definition) is 0. The highest BCUT2D eigenvalue weighted by molar-refractivity contribution is 5.84. The van der Waals surface area contributed by atoms with E-state index in [-0.39, 0.29) is 12.1 Å². The molecule has 3 rings (SSSR count). The van der Waals surface area contributed by atoms with Gasteiger partial charge in [0.1, 0.15) is 5.75 Å². The summed E-state index contributed by atoms with van der Waals surface area (Å²) in [5.41, 5.74) is 1.21. The van der Waals surface area contributed by atoms with Gasteiger partial charge in [-0.2, -0.15) is 0 Å². The number of fused-ring (bicyclic) bond motifs is 1. The van der Waals surface area contributed by atoms with Gasteiger partial charge in [-0.15, -0.1) is 0 Å². The number of unbranched alkanes of at least 4 members (excludes halogenated alkanes) is 1. The first-order valence-corrected chi connectivity index (χ1v) is 9.18. The fraction of sp³-hybridized carbons (Fsp3) is 0.476. The molecule has 0 aliphatic carbocycles. The first-order chi connectivity index (χ1) is 12.7. The molecule has 26 heavy (non-hydrogen) atoms. The summed E-state index contributed by atoms with van der Waals surface area (Å²) in [6, 6.07) is 12.6. The zero-order valence-electron chi connectivity index (χ0n) is 15.6. The maximum atomic E-state index is 11.2. The molecule has 2 aromatic rings. The van der Waals surface area contributed by atoms with Gasteiger partial charge in [-0.25, -0.2) is 0 Å². The highest BCUT2D eigenvalue weighted by Crippen LogP contribution is 2.28. The average molecular weight is 357 g/mol. The van der Waals surface area contributed by atoms with Gasteiger partial charge in [0.2, 0.25) is 0 Å². The molecule has 1 heterocycles. The van der Waals surface area contributed by atoms with E-state index in [1.165, 1.54) is 23.4 Å². The Morgan fingerprint density at radius 1 is 1.15 bits per heavy atom. The standard InChI is InChI=1S/C21H27NO4/c1-24-19-9-8-16-13-18(7-6-17(16)14-19)20-15-22(11-12-26-20)10-4-3-5-21(23)25-2/h6-9,13-14,20H,3-5,10-12,15H2,1-2H3/t20-/m0/s1. The molecule has 0 unspecified atom stereocenters. The van der Waals surface area contributed by atoms with Crippen molar-refractivity contribution in [3.8, 4) is 5.75 Å². The van der Waals surface area contributed by atoms with Crippen LogP contribution in [0.4, 0.5) is 0 Å². The van der Waals surface area contributed by atoms with Crippen LogP contribution in [0.5, 0.6) is 5.75 Å². The number of ether oxygens (including phenoxy) is 3. The molecule has 1 aliphatic rings. The number of benzene rings is 2. The summed E-state index contributed by atoms with van der Waals surface area (Å²) >= 11 is 0. The van der Waals surface area contributed by atoms with Gasteiger partial charge in [-0.05, 0) is 53.9 Å². The van der Waals surface area contributed by atoms with Gasteiger partial charge in [0.15, 0.2) is 0 Å². The van der Waals surface area contributed by atoms with Crippen molar-refractivity contribution in [3.05, 3.63) is 42.0 Å². The lowest BCUT2D eigenvalue weighted by atomic mass is 10.0. The summed E-state index contributed by atoms with van der Waals surface area (Å²) in [6.07, 6.45) is 2.46. The number of hydrogen-bond acceptors (Lipinski definition) is 5. The van der Waals surface area contributed by atoms with Crippen LogP contribution in [0.2, 0.25) is 0 Å². The Labute approximate surface area is 154 Å². The van der Waals surface area contributed by atoms with Crippen LogP contribution in [-0.2, 0) is 14.3 Å². The molecule has 2 aromatic carbocycles. The summed E-state index contributed by atoms with van der Waals surface area (Å²) in [6.45, 7) is 3.56. The van der Waals surface area contributed by atoms with Crippen LogP contribution in [0.3, 0.4) is 0 Å².